The topological polar surface area (TPSA) is 60.0 Å². The minimum absolute atomic E-state index is 0.526. The molecule has 1 aromatic rings. The van der Waals surface area contributed by atoms with Crippen LogP contribution in [0.15, 0.2) is 6.33 Å². The van der Waals surface area contributed by atoms with Crippen LogP contribution in [0.4, 0.5) is 0 Å². The molecular weight excluding hydrogens is 238 g/mol. The number of hydrogen-bond acceptors (Lipinski definition) is 4. The molecule has 0 radical (unpaired) electrons. The van der Waals surface area contributed by atoms with E-state index >= 15 is 0 Å². The van der Waals surface area contributed by atoms with Gasteiger partial charge in [0, 0.05) is 25.7 Å². The van der Waals surface area contributed by atoms with E-state index in [1.54, 1.807) is 0 Å². The molecule has 1 saturated carbocycles. The zero-order valence-electron chi connectivity index (χ0n) is 11.8. The van der Waals surface area contributed by atoms with Crippen LogP contribution in [0.25, 0.3) is 0 Å². The number of rotatable bonds is 3. The summed E-state index contributed by atoms with van der Waals surface area (Å²) in [5.41, 5.74) is 6.08. The van der Waals surface area contributed by atoms with Gasteiger partial charge in [-0.1, -0.05) is 19.8 Å². The van der Waals surface area contributed by atoms with E-state index in [2.05, 4.69) is 26.6 Å². The first-order valence-corrected chi connectivity index (χ1v) is 7.58. The van der Waals surface area contributed by atoms with Gasteiger partial charge in [0.15, 0.2) is 0 Å². The fraction of sp³-hybridized carbons (Fsp3) is 0.857. The molecule has 1 aliphatic heterocycles. The molecule has 0 saturated heterocycles. The summed E-state index contributed by atoms with van der Waals surface area (Å²) in [5.74, 6) is 2.77. The van der Waals surface area contributed by atoms with Crippen molar-refractivity contribution in [2.75, 3.05) is 13.1 Å². The molecule has 1 aromatic heterocycles. The third kappa shape index (κ3) is 2.67. The molecule has 1 fully saturated rings. The molecule has 0 amide bonds. The average Bonchev–Trinajstić information content (AvgIpc) is 2.89. The molecule has 106 valence electrons. The number of nitrogens with two attached hydrogens (primary N) is 1. The average molecular weight is 263 g/mol. The molecule has 5 nitrogen and oxygen atoms in total. The predicted octanol–water partition coefficient (Wildman–Crippen LogP) is 1.25. The van der Waals surface area contributed by atoms with Crippen LogP contribution in [0.3, 0.4) is 0 Å². The van der Waals surface area contributed by atoms with Crippen LogP contribution in [0.1, 0.15) is 38.4 Å². The van der Waals surface area contributed by atoms with Gasteiger partial charge in [-0.2, -0.15) is 0 Å². The van der Waals surface area contributed by atoms with E-state index in [-0.39, 0.29) is 0 Å². The first-order chi connectivity index (χ1) is 9.28. The van der Waals surface area contributed by atoms with Gasteiger partial charge in [-0.15, -0.1) is 10.2 Å². The Kier molecular flexibility index (Phi) is 3.84. The Morgan fingerprint density at radius 3 is 2.84 bits per heavy atom. The van der Waals surface area contributed by atoms with Crippen LogP contribution in [0, 0.1) is 11.8 Å². The van der Waals surface area contributed by atoms with Gasteiger partial charge in [-0.25, -0.2) is 0 Å². The molecule has 19 heavy (non-hydrogen) atoms. The molecular formula is C14H25N5. The lowest BCUT2D eigenvalue weighted by atomic mass is 9.78. The number of fused-ring (bicyclic) bond motifs is 1. The Bertz CT molecular complexity index is 408. The van der Waals surface area contributed by atoms with E-state index in [1.807, 2.05) is 6.33 Å². The highest BCUT2D eigenvalue weighted by Gasteiger charge is 2.31. The van der Waals surface area contributed by atoms with Gasteiger partial charge in [0.25, 0.3) is 0 Å². The number of nitrogens with zero attached hydrogens (tertiary/aromatic N) is 4. The number of aromatic nitrogens is 3. The third-order valence-electron chi connectivity index (χ3n) is 4.98. The second kappa shape index (κ2) is 5.59. The normalized spacial score (nSPS) is 30.0. The van der Waals surface area contributed by atoms with Crippen molar-refractivity contribution in [2.45, 2.75) is 51.7 Å². The lowest BCUT2D eigenvalue weighted by molar-refractivity contribution is 0.0860. The van der Waals surface area contributed by atoms with Crippen molar-refractivity contribution in [2.24, 2.45) is 17.6 Å². The summed E-state index contributed by atoms with van der Waals surface area (Å²) in [6.07, 6.45) is 7.25. The monoisotopic (exact) mass is 263 g/mol. The minimum Gasteiger partial charge on any atom is -0.329 e. The van der Waals surface area contributed by atoms with E-state index in [0.29, 0.717) is 6.04 Å². The smallest absolute Gasteiger partial charge is 0.147 e. The summed E-state index contributed by atoms with van der Waals surface area (Å²) in [4.78, 5) is 2.53. The zero-order chi connectivity index (χ0) is 13.2. The van der Waals surface area contributed by atoms with Crippen LogP contribution in [0.2, 0.25) is 0 Å². The Morgan fingerprint density at radius 1 is 1.32 bits per heavy atom. The molecule has 0 bridgehead atoms. The minimum atomic E-state index is 0.526. The molecule has 1 aliphatic carbocycles. The quantitative estimate of drug-likeness (QED) is 0.891. The number of hydrogen-bond donors (Lipinski definition) is 1. The van der Waals surface area contributed by atoms with Gasteiger partial charge in [-0.05, 0) is 24.7 Å². The van der Waals surface area contributed by atoms with E-state index in [0.717, 1.165) is 43.8 Å². The Balaban J connectivity index is 1.66. The SMILES string of the molecule is CC1CCC(C(CN)N2CCn3cnnc3C2)CC1. The molecule has 2 heterocycles. The van der Waals surface area contributed by atoms with Gasteiger partial charge in [0.2, 0.25) is 0 Å². The van der Waals surface area contributed by atoms with Crippen LogP contribution < -0.4 is 5.73 Å². The van der Waals surface area contributed by atoms with Crippen LogP contribution >= 0.6 is 0 Å². The summed E-state index contributed by atoms with van der Waals surface area (Å²) in [7, 11) is 0. The maximum absolute atomic E-state index is 6.08. The van der Waals surface area contributed by atoms with Crippen LogP contribution in [-0.4, -0.2) is 38.8 Å². The highest BCUT2D eigenvalue weighted by molar-refractivity contribution is 4.94. The summed E-state index contributed by atoms with van der Waals surface area (Å²) in [6.45, 7) is 6.14. The van der Waals surface area contributed by atoms with Gasteiger partial charge in [-0.3, -0.25) is 4.90 Å². The van der Waals surface area contributed by atoms with E-state index < -0.39 is 0 Å². The van der Waals surface area contributed by atoms with Crippen molar-refractivity contribution in [3.05, 3.63) is 12.2 Å². The maximum atomic E-state index is 6.08. The highest BCUT2D eigenvalue weighted by atomic mass is 15.3. The van der Waals surface area contributed by atoms with Gasteiger partial charge in [0.05, 0.1) is 6.54 Å². The maximum Gasteiger partial charge on any atom is 0.147 e. The highest BCUT2D eigenvalue weighted by Crippen LogP contribution is 2.33. The summed E-state index contributed by atoms with van der Waals surface area (Å²) >= 11 is 0. The van der Waals surface area contributed by atoms with Crippen molar-refractivity contribution in [1.82, 2.24) is 19.7 Å². The molecule has 1 unspecified atom stereocenters. The third-order valence-corrected chi connectivity index (χ3v) is 4.98. The van der Waals surface area contributed by atoms with Crippen molar-refractivity contribution in [3.8, 4) is 0 Å². The predicted molar refractivity (Wildman–Crippen MR) is 74.4 cm³/mol. The summed E-state index contributed by atoms with van der Waals surface area (Å²) in [6, 6.07) is 0.526. The second-order valence-electron chi connectivity index (χ2n) is 6.23. The largest absolute Gasteiger partial charge is 0.329 e. The van der Waals surface area contributed by atoms with E-state index in [9.17, 15) is 0 Å². The van der Waals surface area contributed by atoms with E-state index in [4.69, 9.17) is 5.73 Å². The Labute approximate surface area is 115 Å². The van der Waals surface area contributed by atoms with Gasteiger partial charge < -0.3 is 10.3 Å². The Morgan fingerprint density at radius 2 is 2.11 bits per heavy atom. The summed E-state index contributed by atoms with van der Waals surface area (Å²) < 4.78 is 2.16. The van der Waals surface area contributed by atoms with Crippen molar-refractivity contribution in [1.29, 1.82) is 0 Å². The first-order valence-electron chi connectivity index (χ1n) is 7.58. The molecule has 0 aromatic carbocycles. The standard InChI is InChI=1S/C14H25N5/c1-11-2-4-12(5-3-11)13(8-15)18-6-7-19-10-16-17-14(19)9-18/h10-13H,2-9,15H2,1H3. The van der Waals surface area contributed by atoms with Crippen LogP contribution in [0.5, 0.6) is 0 Å². The first kappa shape index (κ1) is 13.1. The lowest BCUT2D eigenvalue weighted by Gasteiger charge is -2.40. The van der Waals surface area contributed by atoms with Crippen molar-refractivity contribution < 1.29 is 0 Å². The molecule has 2 aliphatic rings. The fourth-order valence-electron chi connectivity index (χ4n) is 3.68. The molecule has 2 N–H and O–H groups in total. The van der Waals surface area contributed by atoms with Crippen molar-refractivity contribution >= 4 is 0 Å². The van der Waals surface area contributed by atoms with Gasteiger partial charge >= 0.3 is 0 Å². The molecule has 1 atom stereocenters. The molecule has 3 rings (SSSR count). The van der Waals surface area contributed by atoms with Gasteiger partial charge in [0.1, 0.15) is 12.2 Å². The molecule has 5 heteroatoms. The zero-order valence-corrected chi connectivity index (χ0v) is 11.8. The summed E-state index contributed by atoms with van der Waals surface area (Å²) in [5, 5.41) is 8.21. The van der Waals surface area contributed by atoms with E-state index in [1.165, 1.54) is 25.7 Å². The van der Waals surface area contributed by atoms with Crippen LogP contribution in [-0.2, 0) is 13.1 Å². The Hall–Kier alpha value is -0.940. The second-order valence-corrected chi connectivity index (χ2v) is 6.23. The fourth-order valence-corrected chi connectivity index (χ4v) is 3.68. The molecule has 0 spiro atoms. The lowest BCUT2D eigenvalue weighted by Crippen LogP contribution is -2.49. The van der Waals surface area contributed by atoms with Crippen molar-refractivity contribution in [3.63, 3.8) is 0 Å².